The monoisotopic (exact) mass is 284 g/mol. The van der Waals surface area contributed by atoms with Crippen LogP contribution in [0.25, 0.3) is 0 Å². The second-order valence-electron chi connectivity index (χ2n) is 5.24. The molecule has 0 unspecified atom stereocenters. The molecule has 0 fully saturated rings. The van der Waals surface area contributed by atoms with E-state index < -0.39 is 5.97 Å². The smallest absolute Gasteiger partial charge is 0.372 e. The Labute approximate surface area is 124 Å². The molecule has 0 N–H and O–H groups in total. The van der Waals surface area contributed by atoms with Gasteiger partial charge in [0.1, 0.15) is 0 Å². The Bertz CT molecular complexity index is 249. The Balaban J connectivity index is 3.39. The molecule has 118 valence electrons. The van der Waals surface area contributed by atoms with Crippen LogP contribution in [-0.2, 0) is 14.3 Å². The van der Waals surface area contributed by atoms with Crippen LogP contribution in [0.15, 0.2) is 12.3 Å². The zero-order valence-corrected chi connectivity index (χ0v) is 13.4. The fourth-order valence-electron chi connectivity index (χ4n) is 1.91. The number of ether oxygens (including phenoxy) is 2. The second-order valence-corrected chi connectivity index (χ2v) is 5.24. The molecule has 0 saturated heterocycles. The highest BCUT2D eigenvalue weighted by Crippen LogP contribution is 2.07. The van der Waals surface area contributed by atoms with Gasteiger partial charge in [-0.25, -0.2) is 4.79 Å². The first-order valence-electron chi connectivity index (χ1n) is 8.21. The lowest BCUT2D eigenvalue weighted by molar-refractivity contribution is -0.143. The van der Waals surface area contributed by atoms with Crippen molar-refractivity contribution < 1.29 is 14.3 Å². The lowest BCUT2D eigenvalue weighted by Gasteiger charge is -2.09. The van der Waals surface area contributed by atoms with Crippen LogP contribution >= 0.6 is 0 Å². The Hall–Kier alpha value is -0.990. The van der Waals surface area contributed by atoms with Gasteiger partial charge in [0, 0.05) is 0 Å². The molecule has 0 aromatic heterocycles. The highest BCUT2D eigenvalue weighted by molar-refractivity contribution is 5.85. The van der Waals surface area contributed by atoms with Crippen LogP contribution < -0.4 is 0 Å². The third kappa shape index (κ3) is 12.1. The van der Waals surface area contributed by atoms with Gasteiger partial charge >= 0.3 is 5.97 Å². The molecule has 0 heterocycles. The molecule has 0 radical (unpaired) electrons. The van der Waals surface area contributed by atoms with Crippen molar-refractivity contribution in [2.75, 3.05) is 13.2 Å². The van der Waals surface area contributed by atoms with E-state index in [9.17, 15) is 4.79 Å². The number of hydrogen-bond acceptors (Lipinski definition) is 3. The first-order chi connectivity index (χ1) is 9.72. The third-order valence-electron chi connectivity index (χ3n) is 3.23. The summed E-state index contributed by atoms with van der Waals surface area (Å²) in [5.41, 5.74) is 0. The fraction of sp³-hybridized carbons (Fsp3) is 0.824. The van der Waals surface area contributed by atoms with E-state index in [0.29, 0.717) is 13.2 Å². The van der Waals surface area contributed by atoms with Crippen LogP contribution in [0.5, 0.6) is 0 Å². The van der Waals surface area contributed by atoms with Crippen molar-refractivity contribution in [1.29, 1.82) is 0 Å². The normalized spacial score (nSPS) is 10.3. The number of carbonyl (C=O) groups is 1. The maximum absolute atomic E-state index is 11.5. The third-order valence-corrected chi connectivity index (χ3v) is 3.23. The van der Waals surface area contributed by atoms with Crippen molar-refractivity contribution in [3.63, 3.8) is 0 Å². The van der Waals surface area contributed by atoms with Gasteiger partial charge < -0.3 is 9.47 Å². The Morgan fingerprint density at radius 3 is 1.80 bits per heavy atom. The molecule has 0 aliphatic heterocycles. The van der Waals surface area contributed by atoms with Crippen LogP contribution in [0.3, 0.4) is 0 Å². The maximum atomic E-state index is 11.5. The van der Waals surface area contributed by atoms with Crippen molar-refractivity contribution in [2.24, 2.45) is 0 Å². The van der Waals surface area contributed by atoms with E-state index in [0.717, 1.165) is 25.7 Å². The van der Waals surface area contributed by atoms with E-state index in [1.807, 2.05) is 0 Å². The molecule has 0 aliphatic carbocycles. The average molecular weight is 284 g/mol. The van der Waals surface area contributed by atoms with E-state index in [1.165, 1.54) is 38.5 Å². The molecule has 0 amide bonds. The van der Waals surface area contributed by atoms with Crippen LogP contribution in [-0.4, -0.2) is 19.2 Å². The first kappa shape index (κ1) is 19.0. The van der Waals surface area contributed by atoms with Gasteiger partial charge in [-0.15, -0.1) is 0 Å². The maximum Gasteiger partial charge on any atom is 0.372 e. The molecule has 0 aliphatic rings. The molecule has 0 bridgehead atoms. The van der Waals surface area contributed by atoms with Gasteiger partial charge in [0.2, 0.25) is 0 Å². The molecule has 0 saturated carbocycles. The summed E-state index contributed by atoms with van der Waals surface area (Å²) in [4.78, 5) is 11.5. The van der Waals surface area contributed by atoms with Gasteiger partial charge in [0.05, 0.1) is 13.2 Å². The standard InChI is InChI=1S/C17H32O3/c1-4-6-8-10-11-13-14-19-16(3)17(18)20-15-12-9-7-5-2/h3-15H2,1-2H3. The minimum atomic E-state index is -0.410. The summed E-state index contributed by atoms with van der Waals surface area (Å²) < 4.78 is 10.4. The van der Waals surface area contributed by atoms with Crippen molar-refractivity contribution in [1.82, 2.24) is 0 Å². The minimum Gasteiger partial charge on any atom is -0.487 e. The SMILES string of the molecule is C=C(OCCCCCCCC)C(=O)OCCCCCC. The van der Waals surface area contributed by atoms with Gasteiger partial charge in [0.25, 0.3) is 0 Å². The van der Waals surface area contributed by atoms with Crippen molar-refractivity contribution in [2.45, 2.75) is 78.1 Å². The summed E-state index contributed by atoms with van der Waals surface area (Å²) in [7, 11) is 0. The van der Waals surface area contributed by atoms with E-state index in [1.54, 1.807) is 0 Å². The van der Waals surface area contributed by atoms with Gasteiger partial charge in [-0.05, 0) is 19.4 Å². The molecule has 0 aromatic carbocycles. The lowest BCUT2D eigenvalue weighted by Crippen LogP contribution is -2.11. The molecule has 0 spiro atoms. The fourth-order valence-corrected chi connectivity index (χ4v) is 1.91. The zero-order chi connectivity index (χ0) is 15.1. The minimum absolute atomic E-state index is 0.147. The largest absolute Gasteiger partial charge is 0.487 e. The van der Waals surface area contributed by atoms with Gasteiger partial charge in [-0.3, -0.25) is 0 Å². The van der Waals surface area contributed by atoms with Crippen LogP contribution in [0.2, 0.25) is 0 Å². The van der Waals surface area contributed by atoms with Gasteiger partial charge in [0.15, 0.2) is 5.76 Å². The lowest BCUT2D eigenvalue weighted by atomic mass is 10.1. The molecule has 3 nitrogen and oxygen atoms in total. The quantitative estimate of drug-likeness (QED) is 0.195. The van der Waals surface area contributed by atoms with Crippen molar-refractivity contribution in [3.05, 3.63) is 12.3 Å². The summed E-state index contributed by atoms with van der Waals surface area (Å²) >= 11 is 0. The van der Waals surface area contributed by atoms with Crippen LogP contribution in [0.4, 0.5) is 0 Å². The summed E-state index contributed by atoms with van der Waals surface area (Å²) in [6.07, 6.45) is 11.6. The van der Waals surface area contributed by atoms with Crippen LogP contribution in [0.1, 0.15) is 78.1 Å². The van der Waals surface area contributed by atoms with Crippen LogP contribution in [0, 0.1) is 0 Å². The highest BCUT2D eigenvalue weighted by Gasteiger charge is 2.09. The Kier molecular flexibility index (Phi) is 13.7. The van der Waals surface area contributed by atoms with Gasteiger partial charge in [-0.1, -0.05) is 65.2 Å². The van der Waals surface area contributed by atoms with E-state index >= 15 is 0 Å². The number of esters is 1. The average Bonchev–Trinajstić information content (AvgIpc) is 2.45. The van der Waals surface area contributed by atoms with Gasteiger partial charge in [-0.2, -0.15) is 0 Å². The predicted octanol–water partition coefficient (Wildman–Crippen LogP) is 5.00. The number of hydrogen-bond donors (Lipinski definition) is 0. The molecule has 0 rings (SSSR count). The van der Waals surface area contributed by atoms with E-state index in [4.69, 9.17) is 9.47 Å². The number of rotatable bonds is 14. The molecule has 0 atom stereocenters. The second kappa shape index (κ2) is 14.4. The summed E-state index contributed by atoms with van der Waals surface area (Å²) in [5, 5.41) is 0. The molecule has 20 heavy (non-hydrogen) atoms. The summed E-state index contributed by atoms with van der Waals surface area (Å²) in [5.74, 6) is -0.262. The van der Waals surface area contributed by atoms with Crippen molar-refractivity contribution in [3.8, 4) is 0 Å². The Morgan fingerprint density at radius 1 is 0.750 bits per heavy atom. The summed E-state index contributed by atoms with van der Waals surface area (Å²) in [6.45, 7) is 9.02. The predicted molar refractivity (Wildman–Crippen MR) is 83.6 cm³/mol. The molecule has 0 aromatic rings. The topological polar surface area (TPSA) is 35.5 Å². The summed E-state index contributed by atoms with van der Waals surface area (Å²) in [6, 6.07) is 0. The number of unbranched alkanes of at least 4 members (excludes halogenated alkanes) is 8. The highest BCUT2D eigenvalue weighted by atomic mass is 16.6. The Morgan fingerprint density at radius 2 is 1.20 bits per heavy atom. The first-order valence-corrected chi connectivity index (χ1v) is 8.21. The molecular weight excluding hydrogens is 252 g/mol. The number of carbonyl (C=O) groups excluding carboxylic acids is 1. The molecule has 3 heteroatoms. The molecular formula is C17H32O3. The van der Waals surface area contributed by atoms with E-state index in [2.05, 4.69) is 20.4 Å². The van der Waals surface area contributed by atoms with E-state index in [-0.39, 0.29) is 5.76 Å². The zero-order valence-electron chi connectivity index (χ0n) is 13.4. The van der Waals surface area contributed by atoms with Crippen molar-refractivity contribution >= 4 is 5.97 Å².